The van der Waals surface area contributed by atoms with Gasteiger partial charge in [0.2, 0.25) is 17.7 Å². The number of nitrogens with one attached hydrogen (secondary N) is 3. The lowest BCUT2D eigenvalue weighted by atomic mass is 10.3. The molecule has 9 nitrogen and oxygen atoms in total. The van der Waals surface area contributed by atoms with Gasteiger partial charge in [-0.1, -0.05) is 12.6 Å². The highest BCUT2D eigenvalue weighted by Crippen LogP contribution is 2.30. The van der Waals surface area contributed by atoms with Crippen LogP contribution in [0.4, 0.5) is 17.5 Å². The van der Waals surface area contributed by atoms with Crippen molar-refractivity contribution in [3.63, 3.8) is 0 Å². The molecule has 3 aromatic heterocycles. The van der Waals surface area contributed by atoms with E-state index >= 15 is 0 Å². The van der Waals surface area contributed by atoms with Crippen molar-refractivity contribution in [2.75, 3.05) is 10.6 Å². The first kappa shape index (κ1) is 18.2. The fraction of sp³-hybridized carbons (Fsp3) is 0.100. The van der Waals surface area contributed by atoms with Crippen molar-refractivity contribution >= 4 is 34.4 Å². The summed E-state index contributed by atoms with van der Waals surface area (Å²) in [7, 11) is 1.84. The molecule has 146 valence electrons. The lowest BCUT2D eigenvalue weighted by Gasteiger charge is -2.10. The molecule has 29 heavy (non-hydrogen) atoms. The molecule has 0 aliphatic rings. The molecule has 0 unspecified atom stereocenters. The van der Waals surface area contributed by atoms with E-state index in [0.29, 0.717) is 28.9 Å². The molecular weight excluding hydrogens is 370 g/mol. The van der Waals surface area contributed by atoms with Crippen LogP contribution in [0, 0.1) is 6.92 Å². The highest BCUT2D eigenvalue weighted by atomic mass is 16.5. The average molecular weight is 389 g/mol. The minimum atomic E-state index is -0.296. The number of H-pyrrole nitrogens is 1. The Bertz CT molecular complexity index is 1210. The summed E-state index contributed by atoms with van der Waals surface area (Å²) in [5.74, 6) is 1.73. The van der Waals surface area contributed by atoms with Crippen LogP contribution in [-0.4, -0.2) is 30.6 Å². The SMILES string of the molecule is C=CC(=O)Nc1cccc(Oc2nc(Nc3cc(C)nn3C)nc3[nH]ccc23)c1. The third-order valence-electron chi connectivity index (χ3n) is 4.12. The highest BCUT2D eigenvalue weighted by molar-refractivity contribution is 5.99. The van der Waals surface area contributed by atoms with Crippen LogP contribution in [0.3, 0.4) is 0 Å². The fourth-order valence-corrected chi connectivity index (χ4v) is 2.83. The van der Waals surface area contributed by atoms with Gasteiger partial charge in [0.05, 0.1) is 11.1 Å². The van der Waals surface area contributed by atoms with Gasteiger partial charge in [0.1, 0.15) is 17.2 Å². The zero-order valence-corrected chi connectivity index (χ0v) is 15.9. The van der Waals surface area contributed by atoms with Crippen LogP contribution in [0.5, 0.6) is 11.6 Å². The van der Waals surface area contributed by atoms with Crippen LogP contribution < -0.4 is 15.4 Å². The Morgan fingerprint density at radius 1 is 1.28 bits per heavy atom. The molecule has 0 fully saturated rings. The van der Waals surface area contributed by atoms with Crippen LogP contribution in [0.15, 0.2) is 55.3 Å². The predicted octanol–water partition coefficient (Wildman–Crippen LogP) is 3.66. The number of ether oxygens (including phenoxy) is 1. The summed E-state index contributed by atoms with van der Waals surface area (Å²) < 4.78 is 7.72. The van der Waals surface area contributed by atoms with Crippen LogP contribution in [-0.2, 0) is 11.8 Å². The maximum atomic E-state index is 11.5. The molecule has 0 radical (unpaired) electrons. The first-order valence-electron chi connectivity index (χ1n) is 8.86. The number of carbonyl (C=O) groups excluding carboxylic acids is 1. The minimum absolute atomic E-state index is 0.296. The number of aryl methyl sites for hydroxylation is 2. The smallest absolute Gasteiger partial charge is 0.247 e. The molecule has 1 amide bonds. The zero-order valence-electron chi connectivity index (χ0n) is 15.9. The van der Waals surface area contributed by atoms with Gasteiger partial charge in [-0.05, 0) is 31.2 Å². The summed E-state index contributed by atoms with van der Waals surface area (Å²) in [6.07, 6.45) is 2.98. The van der Waals surface area contributed by atoms with E-state index in [4.69, 9.17) is 4.74 Å². The van der Waals surface area contributed by atoms with Gasteiger partial charge in [0.15, 0.2) is 0 Å². The summed E-state index contributed by atoms with van der Waals surface area (Å²) in [5, 5.41) is 10.9. The topological polar surface area (TPSA) is 110 Å². The lowest BCUT2D eigenvalue weighted by molar-refractivity contribution is -0.111. The normalized spacial score (nSPS) is 10.7. The molecule has 0 aliphatic heterocycles. The summed E-state index contributed by atoms with van der Waals surface area (Å²) in [6, 6.07) is 10.8. The van der Waals surface area contributed by atoms with Crippen molar-refractivity contribution < 1.29 is 9.53 Å². The van der Waals surface area contributed by atoms with E-state index < -0.39 is 0 Å². The number of benzene rings is 1. The minimum Gasteiger partial charge on any atom is -0.438 e. The van der Waals surface area contributed by atoms with Gasteiger partial charge in [0.25, 0.3) is 0 Å². The molecule has 4 aromatic rings. The van der Waals surface area contributed by atoms with Crippen LogP contribution in [0.1, 0.15) is 5.69 Å². The second-order valence-corrected chi connectivity index (χ2v) is 6.34. The van der Waals surface area contributed by atoms with Gasteiger partial charge in [-0.3, -0.25) is 9.48 Å². The number of amides is 1. The number of aromatic amines is 1. The molecular formula is C20H19N7O2. The molecule has 0 saturated heterocycles. The molecule has 1 aromatic carbocycles. The van der Waals surface area contributed by atoms with E-state index in [2.05, 4.69) is 37.3 Å². The molecule has 3 N–H and O–H groups in total. The Balaban J connectivity index is 1.66. The monoisotopic (exact) mass is 389 g/mol. The number of nitrogens with zero attached hydrogens (tertiary/aromatic N) is 4. The highest BCUT2D eigenvalue weighted by Gasteiger charge is 2.13. The molecule has 9 heteroatoms. The standard InChI is InChI=1S/C20H19N7O2/c1-4-17(28)22-13-6-5-7-14(11-13)29-19-15-8-9-21-18(15)24-20(25-19)23-16-10-12(2)26-27(16)3/h4-11H,1H2,2-3H3,(H,22,28)(H2,21,23,24,25). The largest absolute Gasteiger partial charge is 0.438 e. The molecule has 0 aliphatic carbocycles. The van der Waals surface area contributed by atoms with Gasteiger partial charge < -0.3 is 20.4 Å². The molecule has 0 bridgehead atoms. The van der Waals surface area contributed by atoms with Gasteiger partial charge in [0, 0.05) is 31.1 Å². The third-order valence-corrected chi connectivity index (χ3v) is 4.12. The fourth-order valence-electron chi connectivity index (χ4n) is 2.83. The van der Waals surface area contributed by atoms with Crippen molar-refractivity contribution in [3.8, 4) is 11.6 Å². The number of carbonyl (C=O) groups is 1. The van der Waals surface area contributed by atoms with Crippen molar-refractivity contribution in [2.45, 2.75) is 6.92 Å². The van der Waals surface area contributed by atoms with Gasteiger partial charge in [-0.25, -0.2) is 0 Å². The number of fused-ring (bicyclic) bond motifs is 1. The number of aromatic nitrogens is 5. The van der Waals surface area contributed by atoms with Gasteiger partial charge in [-0.15, -0.1) is 0 Å². The van der Waals surface area contributed by atoms with Crippen molar-refractivity contribution in [1.29, 1.82) is 0 Å². The van der Waals surface area contributed by atoms with Crippen molar-refractivity contribution in [1.82, 2.24) is 24.7 Å². The number of rotatable bonds is 6. The van der Waals surface area contributed by atoms with Crippen molar-refractivity contribution in [2.24, 2.45) is 7.05 Å². The summed E-state index contributed by atoms with van der Waals surface area (Å²) in [4.78, 5) is 23.6. The first-order valence-corrected chi connectivity index (χ1v) is 8.86. The Labute approximate surface area is 166 Å². The van der Waals surface area contributed by atoms with Crippen LogP contribution in [0.2, 0.25) is 0 Å². The molecule has 0 saturated carbocycles. The Morgan fingerprint density at radius 2 is 2.14 bits per heavy atom. The average Bonchev–Trinajstić information content (AvgIpc) is 3.28. The summed E-state index contributed by atoms with van der Waals surface area (Å²) in [5.41, 5.74) is 2.11. The zero-order chi connectivity index (χ0) is 20.4. The van der Waals surface area contributed by atoms with Crippen molar-refractivity contribution in [3.05, 3.63) is 60.9 Å². The Hall–Kier alpha value is -4.14. The number of hydrogen-bond donors (Lipinski definition) is 3. The van der Waals surface area contributed by atoms with Crippen LogP contribution >= 0.6 is 0 Å². The van der Waals surface area contributed by atoms with E-state index in [1.807, 2.05) is 26.1 Å². The van der Waals surface area contributed by atoms with E-state index in [1.54, 1.807) is 35.1 Å². The third kappa shape index (κ3) is 3.93. The maximum absolute atomic E-state index is 11.5. The maximum Gasteiger partial charge on any atom is 0.247 e. The Morgan fingerprint density at radius 3 is 2.90 bits per heavy atom. The van der Waals surface area contributed by atoms with E-state index in [-0.39, 0.29) is 5.91 Å². The summed E-state index contributed by atoms with van der Waals surface area (Å²) in [6.45, 7) is 5.36. The molecule has 0 spiro atoms. The molecule has 3 heterocycles. The summed E-state index contributed by atoms with van der Waals surface area (Å²) >= 11 is 0. The van der Waals surface area contributed by atoms with Crippen LogP contribution in [0.25, 0.3) is 11.0 Å². The second-order valence-electron chi connectivity index (χ2n) is 6.34. The number of anilines is 3. The second kappa shape index (κ2) is 7.47. The van der Waals surface area contributed by atoms with E-state index in [1.165, 1.54) is 6.08 Å². The van der Waals surface area contributed by atoms with Gasteiger partial charge in [-0.2, -0.15) is 15.1 Å². The quantitative estimate of drug-likeness (QED) is 0.434. The van der Waals surface area contributed by atoms with E-state index in [9.17, 15) is 4.79 Å². The molecule has 0 atom stereocenters. The van der Waals surface area contributed by atoms with E-state index in [0.717, 1.165) is 16.9 Å². The predicted molar refractivity (Wildman–Crippen MR) is 110 cm³/mol. The molecule has 4 rings (SSSR count). The Kier molecular flexibility index (Phi) is 4.70. The van der Waals surface area contributed by atoms with Gasteiger partial charge >= 0.3 is 0 Å². The first-order chi connectivity index (χ1) is 14.0. The lowest BCUT2D eigenvalue weighted by Crippen LogP contribution is -2.07. The number of hydrogen-bond acceptors (Lipinski definition) is 6.